The first-order chi connectivity index (χ1) is 28.4. The molecule has 59 heavy (non-hydrogen) atoms. The van der Waals surface area contributed by atoms with Gasteiger partial charge in [-0.15, -0.1) is 0 Å². The van der Waals surface area contributed by atoms with E-state index in [9.17, 15) is 44.6 Å². The van der Waals surface area contributed by atoms with E-state index in [4.69, 9.17) is 18.5 Å². The maximum absolute atomic E-state index is 12.8. The van der Waals surface area contributed by atoms with Crippen LogP contribution in [0.3, 0.4) is 0 Å². The van der Waals surface area contributed by atoms with Crippen LogP contribution in [-0.2, 0) is 32.7 Å². The molecule has 0 amide bonds. The molecule has 1 saturated carbocycles. The number of carbonyl (C=O) groups is 2. The molecule has 0 aromatic carbocycles. The van der Waals surface area contributed by atoms with E-state index in [1.165, 1.54) is 96.3 Å². The predicted octanol–water partition coefficient (Wildman–Crippen LogP) is 8.84. The largest absolute Gasteiger partial charge is 0.472 e. The fourth-order valence-corrected chi connectivity index (χ4v) is 7.95. The first-order valence-corrected chi connectivity index (χ1v) is 24.6. The van der Waals surface area contributed by atoms with Crippen LogP contribution in [0.15, 0.2) is 24.3 Å². The van der Waals surface area contributed by atoms with Crippen LogP contribution in [0.2, 0.25) is 0 Å². The number of ether oxygens (including phenoxy) is 2. The van der Waals surface area contributed by atoms with Gasteiger partial charge in [0.2, 0.25) is 0 Å². The van der Waals surface area contributed by atoms with E-state index in [2.05, 4.69) is 38.2 Å². The lowest BCUT2D eigenvalue weighted by Crippen LogP contribution is -2.64. The monoisotopic (exact) mass is 863 g/mol. The van der Waals surface area contributed by atoms with Crippen LogP contribution in [0.25, 0.3) is 0 Å². The number of aliphatic hydroxyl groups is 5. The van der Waals surface area contributed by atoms with Crippen molar-refractivity contribution in [3.8, 4) is 0 Å². The Bertz CT molecular complexity index is 1130. The second-order valence-electron chi connectivity index (χ2n) is 16.3. The van der Waals surface area contributed by atoms with Crippen molar-refractivity contribution < 1.29 is 63.1 Å². The minimum Gasteiger partial charge on any atom is -0.462 e. The van der Waals surface area contributed by atoms with E-state index in [0.717, 1.165) is 57.8 Å². The summed E-state index contributed by atoms with van der Waals surface area (Å²) in [6, 6.07) is 0. The Balaban J connectivity index is 2.47. The van der Waals surface area contributed by atoms with Gasteiger partial charge in [0.25, 0.3) is 0 Å². The maximum Gasteiger partial charge on any atom is 0.472 e. The lowest BCUT2D eigenvalue weighted by molar-refractivity contribution is -0.220. The van der Waals surface area contributed by atoms with Crippen LogP contribution in [0.4, 0.5) is 0 Å². The Morgan fingerprint density at radius 2 is 0.864 bits per heavy atom. The van der Waals surface area contributed by atoms with Gasteiger partial charge < -0.3 is 39.9 Å². The van der Waals surface area contributed by atoms with Gasteiger partial charge in [0.05, 0.1) is 6.61 Å². The topological polar surface area (TPSA) is 210 Å². The van der Waals surface area contributed by atoms with Gasteiger partial charge in [-0.2, -0.15) is 0 Å². The van der Waals surface area contributed by atoms with E-state index >= 15 is 0 Å². The first-order valence-electron chi connectivity index (χ1n) is 23.1. The maximum atomic E-state index is 12.8. The van der Waals surface area contributed by atoms with Gasteiger partial charge in [-0.25, -0.2) is 4.57 Å². The summed E-state index contributed by atoms with van der Waals surface area (Å²) in [6.07, 6.45) is 25.2. The Morgan fingerprint density at radius 3 is 1.32 bits per heavy atom. The molecule has 14 heteroatoms. The first kappa shape index (κ1) is 55.3. The third kappa shape index (κ3) is 28.5. The van der Waals surface area contributed by atoms with Crippen molar-refractivity contribution in [2.45, 2.75) is 236 Å². The summed E-state index contributed by atoms with van der Waals surface area (Å²) >= 11 is 0. The van der Waals surface area contributed by atoms with E-state index in [1.54, 1.807) is 0 Å². The van der Waals surface area contributed by atoms with Crippen molar-refractivity contribution in [3.63, 3.8) is 0 Å². The SMILES string of the molecule is CCCCCC/C=C/CCCCCCCCCC(=O)OC[C@H](COP(=O)(O)OC1C(O)C(O)C(O)[C@@H](O)C1O)OC(=O)CCCCC/C=C/CCCCCCCCCC. The molecule has 6 N–H and O–H groups in total. The predicted molar refractivity (Wildman–Crippen MR) is 230 cm³/mol. The number of aliphatic hydroxyl groups excluding tert-OH is 5. The van der Waals surface area contributed by atoms with Gasteiger partial charge in [-0.3, -0.25) is 18.6 Å². The molecule has 0 aromatic rings. The fraction of sp³-hybridized carbons (Fsp3) is 0.867. The number of carbonyl (C=O) groups excluding carboxylic acids is 2. The molecule has 0 bridgehead atoms. The third-order valence-corrected chi connectivity index (χ3v) is 11.8. The molecular formula is C45H83O13P. The van der Waals surface area contributed by atoms with Crippen molar-refractivity contribution in [3.05, 3.63) is 24.3 Å². The van der Waals surface area contributed by atoms with Crippen LogP contribution in [-0.4, -0.2) is 98.3 Å². The molecular weight excluding hydrogens is 779 g/mol. The van der Waals surface area contributed by atoms with Gasteiger partial charge >= 0.3 is 19.8 Å². The van der Waals surface area contributed by atoms with Crippen LogP contribution in [0.5, 0.6) is 0 Å². The molecule has 0 radical (unpaired) electrons. The molecule has 0 spiro atoms. The highest BCUT2D eigenvalue weighted by Gasteiger charge is 2.51. The summed E-state index contributed by atoms with van der Waals surface area (Å²) in [6.45, 7) is 3.27. The fourth-order valence-electron chi connectivity index (χ4n) is 6.98. The zero-order valence-electron chi connectivity index (χ0n) is 36.6. The second-order valence-corrected chi connectivity index (χ2v) is 17.7. The molecule has 0 aromatic heterocycles. The Labute approximate surface area is 356 Å². The normalized spacial score (nSPS) is 22.5. The summed E-state index contributed by atoms with van der Waals surface area (Å²) in [4.78, 5) is 35.7. The van der Waals surface area contributed by atoms with Gasteiger partial charge in [0.1, 0.15) is 43.2 Å². The molecule has 8 atom stereocenters. The van der Waals surface area contributed by atoms with Crippen molar-refractivity contribution in [1.82, 2.24) is 0 Å². The lowest BCUT2D eigenvalue weighted by Gasteiger charge is -2.41. The van der Waals surface area contributed by atoms with Crippen molar-refractivity contribution in [2.75, 3.05) is 13.2 Å². The molecule has 6 unspecified atom stereocenters. The summed E-state index contributed by atoms with van der Waals surface area (Å²) < 4.78 is 33.5. The average molecular weight is 863 g/mol. The Kier molecular flexibility index (Phi) is 33.7. The standard InChI is InChI=1S/C45H83O13P/c1-3-5-7-9-11-13-15-17-19-21-23-25-27-29-31-33-38(46)55-35-37(36-56-59(53,54)58-45-43(51)41(49)40(48)42(50)44(45)52)57-39(47)34-32-30-28-26-24-22-20-18-16-14-12-10-8-6-4-2/h13,15,22,24,37,40-45,48-52H,3-12,14,16-21,23,25-36H2,1-2H3,(H,53,54)/b15-13+,24-22+/t37-,40?,41-,42?,43?,44?,45?/m1/s1. The van der Waals surface area contributed by atoms with E-state index in [0.29, 0.717) is 12.8 Å². The van der Waals surface area contributed by atoms with E-state index in [1.807, 2.05) is 0 Å². The zero-order valence-corrected chi connectivity index (χ0v) is 37.4. The highest BCUT2D eigenvalue weighted by atomic mass is 31.2. The molecule has 1 aliphatic carbocycles. The minimum atomic E-state index is -5.12. The molecule has 1 rings (SSSR count). The Hall–Kier alpha value is -1.67. The summed E-state index contributed by atoms with van der Waals surface area (Å²) in [5.41, 5.74) is 0. The minimum absolute atomic E-state index is 0.0775. The lowest BCUT2D eigenvalue weighted by atomic mass is 9.85. The van der Waals surface area contributed by atoms with Crippen molar-refractivity contribution >= 4 is 19.8 Å². The number of hydrogen-bond acceptors (Lipinski definition) is 12. The van der Waals surface area contributed by atoms with Gasteiger partial charge in [-0.05, 0) is 64.2 Å². The van der Waals surface area contributed by atoms with E-state index < -0.39 is 75.7 Å². The third-order valence-electron chi connectivity index (χ3n) is 10.8. The smallest absolute Gasteiger partial charge is 0.462 e. The Morgan fingerprint density at radius 1 is 0.508 bits per heavy atom. The molecule has 1 fully saturated rings. The molecule has 13 nitrogen and oxygen atoms in total. The summed E-state index contributed by atoms with van der Waals surface area (Å²) in [7, 11) is -5.12. The van der Waals surface area contributed by atoms with E-state index in [-0.39, 0.29) is 12.8 Å². The van der Waals surface area contributed by atoms with Gasteiger partial charge in [0, 0.05) is 12.8 Å². The number of phosphoric ester groups is 1. The molecule has 346 valence electrons. The number of unbranched alkanes of at least 4 members (excludes halogenated alkanes) is 22. The highest BCUT2D eigenvalue weighted by Crippen LogP contribution is 2.47. The van der Waals surface area contributed by atoms with Crippen molar-refractivity contribution in [1.29, 1.82) is 0 Å². The summed E-state index contributed by atoms with van der Waals surface area (Å²) in [5.74, 6) is -1.12. The van der Waals surface area contributed by atoms with Gasteiger partial charge in [-0.1, -0.05) is 141 Å². The number of hydrogen-bond donors (Lipinski definition) is 6. The molecule has 0 aliphatic heterocycles. The highest BCUT2D eigenvalue weighted by molar-refractivity contribution is 7.47. The quantitative estimate of drug-likeness (QED) is 0.0149. The van der Waals surface area contributed by atoms with Crippen molar-refractivity contribution in [2.24, 2.45) is 0 Å². The number of esters is 2. The number of phosphoric acid groups is 1. The van der Waals surface area contributed by atoms with Crippen LogP contribution >= 0.6 is 7.82 Å². The number of allylic oxidation sites excluding steroid dienone is 4. The number of rotatable bonds is 38. The summed E-state index contributed by atoms with van der Waals surface area (Å²) in [5, 5.41) is 50.1. The van der Waals surface area contributed by atoms with Gasteiger partial charge in [0.15, 0.2) is 6.10 Å². The molecule has 0 heterocycles. The van der Waals surface area contributed by atoms with Crippen LogP contribution in [0, 0.1) is 0 Å². The second kappa shape index (κ2) is 35.9. The van der Waals surface area contributed by atoms with Crippen LogP contribution in [0.1, 0.15) is 194 Å². The molecule has 1 aliphatic rings. The molecule has 0 saturated heterocycles. The van der Waals surface area contributed by atoms with Crippen LogP contribution < -0.4 is 0 Å². The zero-order chi connectivity index (χ0) is 43.6. The average Bonchev–Trinajstić information content (AvgIpc) is 3.21.